The van der Waals surface area contributed by atoms with Crippen molar-refractivity contribution >= 4 is 40.7 Å². The monoisotopic (exact) mass is 340 g/mol. The molecule has 0 aliphatic carbocycles. The van der Waals surface area contributed by atoms with E-state index in [1.54, 1.807) is 0 Å². The van der Waals surface area contributed by atoms with Crippen LogP contribution in [0, 0.1) is 0 Å². The number of hydrogen-bond acceptors (Lipinski definition) is 2. The van der Waals surface area contributed by atoms with Gasteiger partial charge in [-0.05, 0) is 25.1 Å². The molecule has 1 fully saturated rings. The Morgan fingerprint density at radius 2 is 1.76 bits per heavy atom. The van der Waals surface area contributed by atoms with E-state index in [1.165, 1.54) is 25.1 Å². The van der Waals surface area contributed by atoms with Gasteiger partial charge in [0, 0.05) is 15.7 Å². The molecule has 0 aromatic heterocycles. The van der Waals surface area contributed by atoms with Crippen LogP contribution in [-0.2, 0) is 9.59 Å². The second kappa shape index (κ2) is 5.38. The number of carbonyl (C=O) groups excluding carboxylic acids is 2. The fourth-order valence-electron chi connectivity index (χ4n) is 2.01. The van der Waals surface area contributed by atoms with Crippen molar-refractivity contribution in [1.82, 2.24) is 4.90 Å². The zero-order chi connectivity index (χ0) is 15.9. The van der Waals surface area contributed by atoms with Gasteiger partial charge in [0.2, 0.25) is 0 Å². The molecule has 0 saturated carbocycles. The summed E-state index contributed by atoms with van der Waals surface area (Å²) in [5, 5.41) is 0.470. The van der Waals surface area contributed by atoms with Crippen molar-refractivity contribution in [2.75, 3.05) is 11.6 Å². The average molecular weight is 341 g/mol. The molecule has 0 bridgehead atoms. The zero-order valence-corrected chi connectivity index (χ0v) is 12.1. The van der Waals surface area contributed by atoms with Gasteiger partial charge in [0.1, 0.15) is 12.7 Å². The van der Waals surface area contributed by atoms with Crippen LogP contribution < -0.4 is 4.90 Å². The first-order chi connectivity index (χ1) is 9.61. The number of rotatable bonds is 1. The van der Waals surface area contributed by atoms with Crippen LogP contribution in [0.15, 0.2) is 18.2 Å². The molecule has 2 rings (SSSR count). The van der Waals surface area contributed by atoms with Crippen molar-refractivity contribution < 1.29 is 22.8 Å². The molecule has 0 radical (unpaired) electrons. The summed E-state index contributed by atoms with van der Waals surface area (Å²) in [6, 6.07) is 2.99. The molecule has 4 nitrogen and oxygen atoms in total. The maximum atomic E-state index is 12.5. The van der Waals surface area contributed by atoms with Crippen molar-refractivity contribution in [3.05, 3.63) is 28.2 Å². The van der Waals surface area contributed by atoms with Gasteiger partial charge in [-0.2, -0.15) is 13.2 Å². The number of benzene rings is 1. The smallest absolute Gasteiger partial charge is 0.305 e. The van der Waals surface area contributed by atoms with Crippen molar-refractivity contribution in [2.24, 2.45) is 0 Å². The first-order valence-electron chi connectivity index (χ1n) is 5.76. The fourth-order valence-corrected chi connectivity index (χ4v) is 2.52. The molecule has 1 aromatic rings. The Kier molecular flexibility index (Phi) is 4.08. The lowest BCUT2D eigenvalue weighted by Gasteiger charge is -2.21. The van der Waals surface area contributed by atoms with Crippen LogP contribution in [0.25, 0.3) is 0 Å². The van der Waals surface area contributed by atoms with Gasteiger partial charge in [-0.1, -0.05) is 23.2 Å². The summed E-state index contributed by atoms with van der Waals surface area (Å²) in [5.74, 6) is -2.69. The number of hydrogen-bond donors (Lipinski definition) is 0. The lowest BCUT2D eigenvalue weighted by atomic mass is 10.2. The summed E-state index contributed by atoms with van der Waals surface area (Å²) >= 11 is 11.6. The minimum Gasteiger partial charge on any atom is -0.305 e. The van der Waals surface area contributed by atoms with E-state index in [0.717, 1.165) is 4.90 Å². The molecule has 0 N–H and O–H groups in total. The molecule has 1 aromatic carbocycles. The van der Waals surface area contributed by atoms with Crippen LogP contribution in [0.5, 0.6) is 0 Å². The van der Waals surface area contributed by atoms with Gasteiger partial charge < -0.3 is 4.90 Å². The standard InChI is InChI=1S/C12H9Cl2F3N2O2/c1-6-10(20)19(5-18(6)11(21)12(15,16)17)9-3-7(13)2-8(14)4-9/h2-4,6H,5H2,1H3/t6-/m1/s1. The Morgan fingerprint density at radius 1 is 1.24 bits per heavy atom. The molecule has 0 spiro atoms. The zero-order valence-electron chi connectivity index (χ0n) is 10.6. The molecule has 1 atom stereocenters. The molecule has 1 heterocycles. The maximum Gasteiger partial charge on any atom is 0.471 e. The molecule has 1 saturated heterocycles. The molecule has 0 unspecified atom stereocenters. The second-order valence-electron chi connectivity index (χ2n) is 4.48. The summed E-state index contributed by atoms with van der Waals surface area (Å²) < 4.78 is 37.5. The molecule has 2 amide bonds. The third-order valence-electron chi connectivity index (χ3n) is 3.05. The number of anilines is 1. The molecule has 9 heteroatoms. The fraction of sp³-hybridized carbons (Fsp3) is 0.333. The van der Waals surface area contributed by atoms with Crippen LogP contribution in [0.2, 0.25) is 10.0 Å². The van der Waals surface area contributed by atoms with Gasteiger partial charge in [-0.3, -0.25) is 14.5 Å². The van der Waals surface area contributed by atoms with E-state index in [-0.39, 0.29) is 15.7 Å². The summed E-state index contributed by atoms with van der Waals surface area (Å²) in [7, 11) is 0. The van der Waals surface area contributed by atoms with E-state index < -0.39 is 30.7 Å². The molecular formula is C12H9Cl2F3N2O2. The van der Waals surface area contributed by atoms with E-state index in [9.17, 15) is 22.8 Å². The third kappa shape index (κ3) is 3.08. The molecule has 21 heavy (non-hydrogen) atoms. The Labute approximate surface area is 128 Å². The van der Waals surface area contributed by atoms with E-state index in [0.29, 0.717) is 4.90 Å². The van der Waals surface area contributed by atoms with Gasteiger partial charge in [-0.15, -0.1) is 0 Å². The first-order valence-corrected chi connectivity index (χ1v) is 6.52. The summed E-state index contributed by atoms with van der Waals surface area (Å²) in [6.07, 6.45) is -5.03. The van der Waals surface area contributed by atoms with Crippen LogP contribution in [0.1, 0.15) is 6.92 Å². The number of carbonyl (C=O) groups is 2. The predicted molar refractivity (Wildman–Crippen MR) is 71.2 cm³/mol. The van der Waals surface area contributed by atoms with Gasteiger partial charge in [0.05, 0.1) is 0 Å². The van der Waals surface area contributed by atoms with Crippen LogP contribution >= 0.6 is 23.2 Å². The van der Waals surface area contributed by atoms with E-state index in [1.807, 2.05) is 0 Å². The highest BCUT2D eigenvalue weighted by molar-refractivity contribution is 6.35. The van der Waals surface area contributed by atoms with Gasteiger partial charge >= 0.3 is 12.1 Å². The first kappa shape index (κ1) is 15.9. The van der Waals surface area contributed by atoms with E-state index in [4.69, 9.17) is 23.2 Å². The van der Waals surface area contributed by atoms with Crippen LogP contribution in [-0.4, -0.2) is 35.6 Å². The number of nitrogens with zero attached hydrogens (tertiary/aromatic N) is 2. The molecular weight excluding hydrogens is 332 g/mol. The average Bonchev–Trinajstić information content (AvgIpc) is 2.63. The molecule has 114 valence electrons. The van der Waals surface area contributed by atoms with Crippen molar-refractivity contribution in [3.8, 4) is 0 Å². The normalized spacial score (nSPS) is 19.3. The lowest BCUT2D eigenvalue weighted by Crippen LogP contribution is -2.44. The topological polar surface area (TPSA) is 40.6 Å². The van der Waals surface area contributed by atoms with Crippen molar-refractivity contribution in [2.45, 2.75) is 19.1 Å². The Balaban J connectivity index is 2.32. The Morgan fingerprint density at radius 3 is 2.24 bits per heavy atom. The van der Waals surface area contributed by atoms with Crippen molar-refractivity contribution in [3.63, 3.8) is 0 Å². The Bertz CT molecular complexity index is 586. The van der Waals surface area contributed by atoms with Crippen LogP contribution in [0.4, 0.5) is 18.9 Å². The minimum atomic E-state index is -5.03. The Hall–Kier alpha value is -1.47. The SMILES string of the molecule is C[C@@H]1C(=O)N(c2cc(Cl)cc(Cl)c2)CN1C(=O)C(F)(F)F. The number of amides is 2. The van der Waals surface area contributed by atoms with Gasteiger partial charge in [0.15, 0.2) is 0 Å². The molecule has 1 aliphatic rings. The van der Waals surface area contributed by atoms with Crippen molar-refractivity contribution in [1.29, 1.82) is 0 Å². The predicted octanol–water partition coefficient (Wildman–Crippen LogP) is 3.08. The quantitative estimate of drug-likeness (QED) is 0.788. The van der Waals surface area contributed by atoms with Gasteiger partial charge in [-0.25, -0.2) is 0 Å². The minimum absolute atomic E-state index is 0.235. The molecule has 1 aliphatic heterocycles. The highest BCUT2D eigenvalue weighted by Gasteiger charge is 2.49. The van der Waals surface area contributed by atoms with Gasteiger partial charge in [0.25, 0.3) is 5.91 Å². The highest BCUT2D eigenvalue weighted by atomic mass is 35.5. The lowest BCUT2D eigenvalue weighted by molar-refractivity contribution is -0.186. The maximum absolute atomic E-state index is 12.5. The summed E-state index contributed by atoms with van der Waals surface area (Å²) in [6.45, 7) is 0.729. The van der Waals surface area contributed by atoms with E-state index >= 15 is 0 Å². The third-order valence-corrected chi connectivity index (χ3v) is 3.48. The number of halogens is 5. The highest BCUT2D eigenvalue weighted by Crippen LogP contribution is 2.31. The van der Waals surface area contributed by atoms with E-state index in [2.05, 4.69) is 0 Å². The summed E-state index contributed by atoms with van der Waals surface area (Å²) in [5.41, 5.74) is 0.238. The van der Waals surface area contributed by atoms with Crippen LogP contribution in [0.3, 0.4) is 0 Å². The summed E-state index contributed by atoms with van der Waals surface area (Å²) in [4.78, 5) is 24.8. The second-order valence-corrected chi connectivity index (χ2v) is 5.36. The number of alkyl halides is 3. The largest absolute Gasteiger partial charge is 0.471 e.